The summed E-state index contributed by atoms with van der Waals surface area (Å²) in [6.07, 6.45) is -5.33. The van der Waals surface area contributed by atoms with Gasteiger partial charge >= 0.3 is 18.4 Å². The predicted molar refractivity (Wildman–Crippen MR) is 100 cm³/mol. The number of cyclic esters (lactones) is 1. The molecule has 0 saturated carbocycles. The number of carboxylic acids is 1. The highest BCUT2D eigenvalue weighted by Crippen LogP contribution is 2.27. The van der Waals surface area contributed by atoms with Crippen molar-refractivity contribution < 1.29 is 42.1 Å². The van der Waals surface area contributed by atoms with Gasteiger partial charge in [-0.15, -0.1) is 24.5 Å². The summed E-state index contributed by atoms with van der Waals surface area (Å²) in [6, 6.07) is 4.68. The molecular formula is C17H15F3N2O6S2. The molecule has 30 heavy (non-hydrogen) atoms. The Hall–Kier alpha value is -2.67. The monoisotopic (exact) mass is 464 g/mol. The highest BCUT2D eigenvalue weighted by atomic mass is 32.2. The third-order valence-corrected chi connectivity index (χ3v) is 5.82. The number of rotatable bonds is 9. The number of halogens is 3. The number of hydrogen-bond donors (Lipinski definition) is 1. The zero-order valence-corrected chi connectivity index (χ0v) is 16.8. The van der Waals surface area contributed by atoms with Crippen LogP contribution in [0.15, 0.2) is 34.0 Å². The van der Waals surface area contributed by atoms with Crippen LogP contribution in [0, 0.1) is 0 Å². The van der Waals surface area contributed by atoms with Gasteiger partial charge in [0.1, 0.15) is 30.8 Å². The van der Waals surface area contributed by atoms with Crippen molar-refractivity contribution >= 4 is 35.2 Å². The lowest BCUT2D eigenvalue weighted by Gasteiger charge is -2.21. The van der Waals surface area contributed by atoms with Crippen LogP contribution in [0.4, 0.5) is 18.0 Å². The molecular weight excluding hydrogens is 449 g/mol. The van der Waals surface area contributed by atoms with Gasteiger partial charge in [0.2, 0.25) is 0 Å². The molecule has 2 heterocycles. The van der Waals surface area contributed by atoms with Crippen LogP contribution in [0.3, 0.4) is 0 Å². The van der Waals surface area contributed by atoms with Crippen LogP contribution in [0.1, 0.15) is 10.5 Å². The summed E-state index contributed by atoms with van der Waals surface area (Å²) in [5.41, 5.74) is -0.0360. The van der Waals surface area contributed by atoms with Gasteiger partial charge in [-0.2, -0.15) is 0 Å². The third kappa shape index (κ3) is 6.16. The Morgan fingerprint density at radius 3 is 2.87 bits per heavy atom. The molecule has 1 unspecified atom stereocenters. The van der Waals surface area contributed by atoms with E-state index in [0.29, 0.717) is 16.6 Å². The van der Waals surface area contributed by atoms with E-state index in [2.05, 4.69) is 9.72 Å². The summed E-state index contributed by atoms with van der Waals surface area (Å²) in [4.78, 5) is 28.2. The molecule has 1 fully saturated rings. The average Bonchev–Trinajstić information content (AvgIpc) is 3.27. The second-order valence-electron chi connectivity index (χ2n) is 5.91. The van der Waals surface area contributed by atoms with Gasteiger partial charge in [0, 0.05) is 23.7 Å². The van der Waals surface area contributed by atoms with Crippen LogP contribution in [-0.2, 0) is 4.74 Å². The molecule has 0 bridgehead atoms. The summed E-state index contributed by atoms with van der Waals surface area (Å²) in [5, 5.41) is 10.3. The number of aromatic carboxylic acids is 1. The van der Waals surface area contributed by atoms with E-state index in [0.717, 1.165) is 12.1 Å². The number of amides is 1. The topological polar surface area (TPSA) is 98.2 Å². The molecule has 3 rings (SSSR count). The Bertz CT molecular complexity index is 908. The number of hydrogen-bond acceptors (Lipinski definition) is 8. The van der Waals surface area contributed by atoms with Gasteiger partial charge < -0.3 is 19.3 Å². The summed E-state index contributed by atoms with van der Waals surface area (Å²) in [7, 11) is 0. The SMILES string of the molecule is O=C(O)c1csc(SCCN2C(=O)OCC2COc2cccc(OC(F)(F)F)c2)n1. The van der Waals surface area contributed by atoms with Gasteiger partial charge in [0.25, 0.3) is 0 Å². The molecule has 0 spiro atoms. The van der Waals surface area contributed by atoms with Crippen molar-refractivity contribution in [1.29, 1.82) is 0 Å². The molecule has 0 aliphatic carbocycles. The number of nitrogens with zero attached hydrogens (tertiary/aromatic N) is 2. The van der Waals surface area contributed by atoms with E-state index in [9.17, 15) is 22.8 Å². The van der Waals surface area contributed by atoms with Crippen molar-refractivity contribution in [2.45, 2.75) is 16.7 Å². The molecule has 162 valence electrons. The maximum Gasteiger partial charge on any atom is 0.573 e. The first-order valence-corrected chi connectivity index (χ1v) is 10.3. The molecule has 1 atom stereocenters. The van der Waals surface area contributed by atoms with E-state index in [-0.39, 0.29) is 24.7 Å². The highest BCUT2D eigenvalue weighted by Gasteiger charge is 2.33. The normalized spacial score (nSPS) is 16.4. The first-order valence-electron chi connectivity index (χ1n) is 8.45. The Balaban J connectivity index is 1.51. The highest BCUT2D eigenvalue weighted by molar-refractivity contribution is 8.01. The molecule has 8 nitrogen and oxygen atoms in total. The van der Waals surface area contributed by atoms with Gasteiger partial charge in [-0.05, 0) is 12.1 Å². The Labute approximate surface area is 176 Å². The van der Waals surface area contributed by atoms with E-state index in [1.165, 1.54) is 45.5 Å². The number of thiazole rings is 1. The van der Waals surface area contributed by atoms with Crippen LogP contribution in [-0.4, -0.2) is 65.0 Å². The zero-order chi connectivity index (χ0) is 21.7. The van der Waals surface area contributed by atoms with E-state index < -0.39 is 30.2 Å². The minimum absolute atomic E-state index is 0.0201. The average molecular weight is 464 g/mol. The summed E-state index contributed by atoms with van der Waals surface area (Å²) < 4.78 is 51.9. The van der Waals surface area contributed by atoms with Crippen LogP contribution in [0.25, 0.3) is 0 Å². The zero-order valence-electron chi connectivity index (χ0n) is 15.1. The van der Waals surface area contributed by atoms with Crippen molar-refractivity contribution in [3.63, 3.8) is 0 Å². The fourth-order valence-electron chi connectivity index (χ4n) is 2.51. The number of aromatic nitrogens is 1. The van der Waals surface area contributed by atoms with Crippen LogP contribution >= 0.6 is 23.1 Å². The second kappa shape index (κ2) is 9.43. The molecule has 2 aromatic rings. The molecule has 1 aliphatic rings. The number of carbonyl (C=O) groups excluding carboxylic acids is 1. The molecule has 1 aromatic heterocycles. The maximum absolute atomic E-state index is 12.3. The Morgan fingerprint density at radius 2 is 2.17 bits per heavy atom. The number of carboxylic acid groups (broad SMARTS) is 1. The van der Waals surface area contributed by atoms with Crippen molar-refractivity contribution in [3.8, 4) is 11.5 Å². The molecule has 1 N–H and O–H groups in total. The first-order chi connectivity index (χ1) is 14.2. The van der Waals surface area contributed by atoms with Gasteiger partial charge in [0.05, 0.1) is 0 Å². The molecule has 13 heteroatoms. The van der Waals surface area contributed by atoms with Crippen LogP contribution in [0.5, 0.6) is 11.5 Å². The van der Waals surface area contributed by atoms with Gasteiger partial charge in [-0.1, -0.05) is 17.8 Å². The molecule has 1 saturated heterocycles. The first kappa shape index (κ1) is 22.0. The Kier molecular flexibility index (Phi) is 6.92. The van der Waals surface area contributed by atoms with Gasteiger partial charge in [-0.25, -0.2) is 14.6 Å². The van der Waals surface area contributed by atoms with Crippen molar-refractivity contribution in [2.24, 2.45) is 0 Å². The minimum Gasteiger partial charge on any atom is -0.491 e. The summed E-state index contributed by atoms with van der Waals surface area (Å²) in [5.74, 6) is -0.902. The van der Waals surface area contributed by atoms with E-state index in [4.69, 9.17) is 14.6 Å². The summed E-state index contributed by atoms with van der Waals surface area (Å²) >= 11 is 2.50. The van der Waals surface area contributed by atoms with Crippen LogP contribution < -0.4 is 9.47 Å². The van der Waals surface area contributed by atoms with Gasteiger partial charge in [-0.3, -0.25) is 4.90 Å². The molecule has 0 radical (unpaired) electrons. The third-order valence-electron chi connectivity index (χ3n) is 3.82. The smallest absolute Gasteiger partial charge is 0.491 e. The molecule has 1 amide bonds. The molecule has 1 aromatic carbocycles. The lowest BCUT2D eigenvalue weighted by Crippen LogP contribution is -2.39. The standard InChI is InChI=1S/C17H15F3N2O6S2/c18-17(19,20)28-12-3-1-2-11(6-12)26-7-10-8-27-16(25)22(10)4-5-29-15-21-13(9-30-15)14(23)24/h1-3,6,9-10H,4-5,7-8H2,(H,23,24). The maximum atomic E-state index is 12.3. The molecule has 1 aliphatic heterocycles. The summed E-state index contributed by atoms with van der Waals surface area (Å²) in [6.45, 7) is 0.408. The minimum atomic E-state index is -4.80. The number of alkyl halides is 3. The van der Waals surface area contributed by atoms with E-state index in [1.807, 2.05) is 0 Å². The van der Waals surface area contributed by atoms with E-state index in [1.54, 1.807) is 0 Å². The predicted octanol–water partition coefficient (Wildman–Crippen LogP) is 3.73. The fraction of sp³-hybridized carbons (Fsp3) is 0.353. The largest absolute Gasteiger partial charge is 0.573 e. The number of carbonyl (C=O) groups is 2. The fourth-order valence-corrected chi connectivity index (χ4v) is 4.32. The van der Waals surface area contributed by atoms with E-state index >= 15 is 0 Å². The number of ether oxygens (including phenoxy) is 3. The van der Waals surface area contributed by atoms with Crippen molar-refractivity contribution in [3.05, 3.63) is 35.3 Å². The van der Waals surface area contributed by atoms with Crippen LogP contribution in [0.2, 0.25) is 0 Å². The lowest BCUT2D eigenvalue weighted by molar-refractivity contribution is -0.274. The Morgan fingerprint density at radius 1 is 1.40 bits per heavy atom. The number of benzene rings is 1. The quantitative estimate of drug-likeness (QED) is 0.561. The van der Waals surface area contributed by atoms with Crippen molar-refractivity contribution in [1.82, 2.24) is 9.88 Å². The lowest BCUT2D eigenvalue weighted by atomic mass is 10.3. The van der Waals surface area contributed by atoms with Gasteiger partial charge in [0.15, 0.2) is 10.0 Å². The number of thioether (sulfide) groups is 1. The second-order valence-corrected chi connectivity index (χ2v) is 8.11. The van der Waals surface area contributed by atoms with Crippen molar-refractivity contribution in [2.75, 3.05) is 25.5 Å².